The first-order valence-electron chi connectivity index (χ1n) is 8.38. The van der Waals surface area contributed by atoms with Crippen LogP contribution in [-0.2, 0) is 6.42 Å². The van der Waals surface area contributed by atoms with Crippen LogP contribution in [0.4, 0.5) is 4.39 Å². The lowest BCUT2D eigenvalue weighted by atomic mass is 10.0. The van der Waals surface area contributed by atoms with Gasteiger partial charge in [-0.15, -0.1) is 0 Å². The smallest absolute Gasteiger partial charge is 0.252 e. The number of hydrogen-bond acceptors (Lipinski definition) is 3. The van der Waals surface area contributed by atoms with Crippen molar-refractivity contribution in [1.29, 1.82) is 0 Å². The van der Waals surface area contributed by atoms with Gasteiger partial charge in [0.1, 0.15) is 18.0 Å². The first-order chi connectivity index (χ1) is 12.4. The number of carbonyl (C=O) groups excluding carboxylic acids is 1. The summed E-state index contributed by atoms with van der Waals surface area (Å²) in [4.78, 5) is 11.8. The number of nitrogens with one attached hydrogen (secondary N) is 1. The fraction of sp³-hybridized carbons (Fsp3) is 0.286. The third kappa shape index (κ3) is 4.34. The van der Waals surface area contributed by atoms with Crippen molar-refractivity contribution >= 4 is 5.91 Å². The molecule has 2 aromatic carbocycles. The van der Waals surface area contributed by atoms with Crippen molar-refractivity contribution in [3.05, 3.63) is 59.4 Å². The zero-order valence-corrected chi connectivity index (χ0v) is 14.8. The Bertz CT molecular complexity index is 880. The number of amides is 1. The molecule has 3 rings (SSSR count). The molecule has 1 aliphatic rings. The van der Waals surface area contributed by atoms with E-state index in [2.05, 4.69) is 17.2 Å². The molecule has 134 valence electrons. The number of fused-ring (bicyclic) bond motifs is 1. The van der Waals surface area contributed by atoms with E-state index in [1.165, 1.54) is 18.2 Å². The van der Waals surface area contributed by atoms with Crippen LogP contribution in [0.2, 0.25) is 0 Å². The van der Waals surface area contributed by atoms with Crippen LogP contribution >= 0.6 is 0 Å². The van der Waals surface area contributed by atoms with E-state index in [1.807, 2.05) is 32.0 Å². The van der Waals surface area contributed by atoms with Gasteiger partial charge in [-0.25, -0.2) is 4.39 Å². The Morgan fingerprint density at radius 1 is 1.27 bits per heavy atom. The summed E-state index contributed by atoms with van der Waals surface area (Å²) in [5.74, 6) is 6.30. The first kappa shape index (κ1) is 17.8. The fourth-order valence-electron chi connectivity index (χ4n) is 2.78. The summed E-state index contributed by atoms with van der Waals surface area (Å²) in [5.41, 5.74) is 1.17. The van der Waals surface area contributed by atoms with Crippen LogP contribution in [0.1, 0.15) is 29.8 Å². The monoisotopic (exact) mass is 353 g/mol. The second-order valence-corrected chi connectivity index (χ2v) is 6.62. The van der Waals surface area contributed by atoms with Crippen LogP contribution in [-0.4, -0.2) is 24.7 Å². The largest absolute Gasteiger partial charge is 0.483 e. The molecule has 1 N–H and O–H groups in total. The summed E-state index contributed by atoms with van der Waals surface area (Å²) in [7, 11) is 0. The maximum atomic E-state index is 13.1. The average Bonchev–Trinajstić information content (AvgIpc) is 2.92. The number of hydrogen-bond donors (Lipinski definition) is 1. The number of carbonyl (C=O) groups is 1. The molecular weight excluding hydrogens is 333 g/mol. The predicted molar refractivity (Wildman–Crippen MR) is 96.9 cm³/mol. The maximum Gasteiger partial charge on any atom is 0.252 e. The lowest BCUT2D eigenvalue weighted by Crippen LogP contribution is -2.24. The highest BCUT2D eigenvalue weighted by Gasteiger charge is 2.32. The predicted octanol–water partition coefficient (Wildman–Crippen LogP) is 3.35. The first-order valence-corrected chi connectivity index (χ1v) is 8.38. The zero-order valence-electron chi connectivity index (χ0n) is 14.8. The molecule has 26 heavy (non-hydrogen) atoms. The highest BCUT2D eigenvalue weighted by Crippen LogP contribution is 2.41. The SMILES string of the molecule is CC1(C)Cc2cccc(OCC#CCNC(=O)c3cccc(F)c3)c2O1. The topological polar surface area (TPSA) is 47.6 Å². The molecular formula is C21H20FNO3. The van der Waals surface area contributed by atoms with Gasteiger partial charge in [0.15, 0.2) is 11.5 Å². The molecule has 2 aromatic rings. The van der Waals surface area contributed by atoms with Crippen molar-refractivity contribution in [3.8, 4) is 23.3 Å². The molecule has 0 aromatic heterocycles. The van der Waals surface area contributed by atoms with Crippen LogP contribution in [0.15, 0.2) is 42.5 Å². The van der Waals surface area contributed by atoms with Gasteiger partial charge in [-0.2, -0.15) is 0 Å². The molecule has 0 saturated carbocycles. The molecule has 0 aliphatic carbocycles. The van der Waals surface area contributed by atoms with Crippen molar-refractivity contribution in [2.45, 2.75) is 25.9 Å². The van der Waals surface area contributed by atoms with Crippen LogP contribution in [0.3, 0.4) is 0 Å². The fourth-order valence-corrected chi connectivity index (χ4v) is 2.78. The number of ether oxygens (including phenoxy) is 2. The third-order valence-corrected chi connectivity index (χ3v) is 3.90. The molecule has 1 amide bonds. The van der Waals surface area contributed by atoms with Crippen molar-refractivity contribution in [1.82, 2.24) is 5.32 Å². The van der Waals surface area contributed by atoms with E-state index in [0.717, 1.165) is 17.7 Å². The minimum atomic E-state index is -0.446. The highest BCUT2D eigenvalue weighted by atomic mass is 19.1. The van der Waals surface area contributed by atoms with E-state index in [-0.39, 0.29) is 30.2 Å². The van der Waals surface area contributed by atoms with Crippen molar-refractivity contribution < 1.29 is 18.7 Å². The molecule has 0 fully saturated rings. The molecule has 0 bridgehead atoms. The number of rotatable bonds is 4. The lowest BCUT2D eigenvalue weighted by Gasteiger charge is -2.17. The Morgan fingerprint density at radius 2 is 2.08 bits per heavy atom. The Hall–Kier alpha value is -3.00. The van der Waals surface area contributed by atoms with E-state index < -0.39 is 5.82 Å². The molecule has 0 unspecified atom stereocenters. The maximum absolute atomic E-state index is 13.1. The van der Waals surface area contributed by atoms with E-state index >= 15 is 0 Å². The van der Waals surface area contributed by atoms with Gasteiger partial charge in [-0.1, -0.05) is 30.0 Å². The van der Waals surface area contributed by atoms with Crippen LogP contribution in [0.25, 0.3) is 0 Å². The average molecular weight is 353 g/mol. The second kappa shape index (κ2) is 7.49. The summed E-state index contributed by atoms with van der Waals surface area (Å²) in [6.45, 7) is 4.43. The normalized spacial score (nSPS) is 13.8. The number of benzene rings is 2. The minimum Gasteiger partial charge on any atom is -0.483 e. The summed E-state index contributed by atoms with van der Waals surface area (Å²) >= 11 is 0. The summed E-state index contributed by atoms with van der Waals surface area (Å²) < 4.78 is 24.7. The van der Waals surface area contributed by atoms with Crippen molar-refractivity contribution in [3.63, 3.8) is 0 Å². The molecule has 1 heterocycles. The quantitative estimate of drug-likeness (QED) is 0.858. The summed E-state index contributed by atoms with van der Waals surface area (Å²) in [6, 6.07) is 11.3. The number of para-hydroxylation sites is 1. The summed E-state index contributed by atoms with van der Waals surface area (Å²) in [6.07, 6.45) is 0.845. The second-order valence-electron chi connectivity index (χ2n) is 6.62. The third-order valence-electron chi connectivity index (χ3n) is 3.90. The van der Waals surface area contributed by atoms with Crippen molar-refractivity contribution in [2.75, 3.05) is 13.2 Å². The van der Waals surface area contributed by atoms with E-state index in [0.29, 0.717) is 5.75 Å². The Kier molecular flexibility index (Phi) is 5.13. The van der Waals surface area contributed by atoms with Crippen LogP contribution < -0.4 is 14.8 Å². The van der Waals surface area contributed by atoms with Crippen LogP contribution in [0, 0.1) is 17.7 Å². The van der Waals surface area contributed by atoms with Gasteiger partial charge in [0, 0.05) is 17.5 Å². The Morgan fingerprint density at radius 3 is 2.88 bits per heavy atom. The summed E-state index contributed by atoms with van der Waals surface area (Å²) in [5, 5.41) is 2.62. The van der Waals surface area contributed by atoms with Gasteiger partial charge < -0.3 is 14.8 Å². The molecule has 0 radical (unpaired) electrons. The number of halogens is 1. The van der Waals surface area contributed by atoms with Gasteiger partial charge in [-0.05, 0) is 38.1 Å². The van der Waals surface area contributed by atoms with E-state index in [9.17, 15) is 9.18 Å². The van der Waals surface area contributed by atoms with Gasteiger partial charge in [0.05, 0.1) is 6.54 Å². The lowest BCUT2D eigenvalue weighted by molar-refractivity contribution is 0.0958. The molecule has 1 aliphatic heterocycles. The van der Waals surface area contributed by atoms with Gasteiger partial charge in [-0.3, -0.25) is 4.79 Å². The Balaban J connectivity index is 1.49. The molecule has 0 saturated heterocycles. The van der Waals surface area contributed by atoms with Gasteiger partial charge in [0.25, 0.3) is 5.91 Å². The minimum absolute atomic E-state index is 0.162. The molecule has 5 heteroatoms. The zero-order chi connectivity index (χ0) is 18.6. The van der Waals surface area contributed by atoms with Crippen molar-refractivity contribution in [2.24, 2.45) is 0 Å². The molecule has 0 atom stereocenters. The highest BCUT2D eigenvalue weighted by molar-refractivity contribution is 5.94. The standard InChI is InChI=1S/C21H20FNO3/c1-21(2)14-16-8-6-10-18(19(16)26-21)25-12-4-3-11-23-20(24)15-7-5-9-17(22)13-15/h5-10,13H,11-12,14H2,1-2H3,(H,23,24). The van der Waals surface area contributed by atoms with Gasteiger partial charge in [0.2, 0.25) is 0 Å². The van der Waals surface area contributed by atoms with E-state index in [4.69, 9.17) is 9.47 Å². The van der Waals surface area contributed by atoms with E-state index in [1.54, 1.807) is 6.07 Å². The van der Waals surface area contributed by atoms with Gasteiger partial charge >= 0.3 is 0 Å². The molecule has 4 nitrogen and oxygen atoms in total. The molecule has 0 spiro atoms. The Labute approximate surface area is 152 Å². The van der Waals surface area contributed by atoms with Crippen LogP contribution in [0.5, 0.6) is 11.5 Å².